The van der Waals surface area contributed by atoms with Gasteiger partial charge in [-0.3, -0.25) is 4.99 Å². The van der Waals surface area contributed by atoms with Crippen LogP contribution in [0.5, 0.6) is 11.5 Å². The molecule has 1 heterocycles. The smallest absolute Gasteiger partial charge is 0.193 e. The molecule has 29 heavy (non-hydrogen) atoms. The van der Waals surface area contributed by atoms with Crippen molar-refractivity contribution in [2.24, 2.45) is 10.9 Å². The molecule has 158 valence electrons. The van der Waals surface area contributed by atoms with Crippen LogP contribution >= 0.6 is 35.7 Å². The number of nitrogens with zero attached hydrogens (tertiary/aromatic N) is 2. The third-order valence-corrected chi connectivity index (χ3v) is 6.24. The maximum atomic E-state index is 10.1. The Balaban J connectivity index is 0.00000300. The minimum Gasteiger partial charge on any atom is -0.508 e. The van der Waals surface area contributed by atoms with E-state index < -0.39 is 0 Å². The average molecular weight is 527 g/mol. The van der Waals surface area contributed by atoms with E-state index in [-0.39, 0.29) is 29.7 Å². The SMILES string of the molecule is CN=C(NCCc1ccc(OC)cc1O)N1CCC(CSc2ccccc2)C1.I. The zero-order chi connectivity index (χ0) is 19.8. The first-order valence-corrected chi connectivity index (χ1v) is 10.7. The zero-order valence-electron chi connectivity index (χ0n) is 17.0. The molecule has 0 aromatic heterocycles. The Morgan fingerprint density at radius 2 is 2.07 bits per heavy atom. The Labute approximate surface area is 195 Å². The molecule has 0 saturated carbocycles. The van der Waals surface area contributed by atoms with E-state index in [1.165, 1.54) is 11.3 Å². The van der Waals surface area contributed by atoms with Gasteiger partial charge < -0.3 is 20.1 Å². The number of halogens is 1. The summed E-state index contributed by atoms with van der Waals surface area (Å²) in [5.41, 5.74) is 0.905. The molecule has 2 N–H and O–H groups in total. The lowest BCUT2D eigenvalue weighted by Gasteiger charge is -2.22. The molecule has 5 nitrogen and oxygen atoms in total. The monoisotopic (exact) mass is 527 g/mol. The van der Waals surface area contributed by atoms with Gasteiger partial charge in [0.05, 0.1) is 7.11 Å². The third-order valence-electron chi connectivity index (χ3n) is 5.00. The Hall–Kier alpha value is -1.61. The van der Waals surface area contributed by atoms with Gasteiger partial charge in [0.25, 0.3) is 0 Å². The topological polar surface area (TPSA) is 57.1 Å². The quantitative estimate of drug-likeness (QED) is 0.244. The molecular weight excluding hydrogens is 497 g/mol. The second kappa shape index (κ2) is 12.2. The van der Waals surface area contributed by atoms with Crippen molar-refractivity contribution < 1.29 is 9.84 Å². The molecular formula is C22H30IN3O2S. The van der Waals surface area contributed by atoms with E-state index in [0.29, 0.717) is 11.7 Å². The molecule has 1 atom stereocenters. The van der Waals surface area contributed by atoms with Gasteiger partial charge in [0.2, 0.25) is 0 Å². The van der Waals surface area contributed by atoms with Crippen LogP contribution in [0.15, 0.2) is 58.4 Å². The summed E-state index contributed by atoms with van der Waals surface area (Å²) < 4.78 is 5.13. The molecule has 1 saturated heterocycles. The number of phenolic OH excluding ortho intramolecular Hbond substituents is 1. The van der Waals surface area contributed by atoms with Gasteiger partial charge in [-0.15, -0.1) is 35.7 Å². The molecule has 1 fully saturated rings. The Morgan fingerprint density at radius 3 is 2.76 bits per heavy atom. The van der Waals surface area contributed by atoms with Gasteiger partial charge >= 0.3 is 0 Å². The van der Waals surface area contributed by atoms with Crippen molar-refractivity contribution in [2.75, 3.05) is 39.5 Å². The molecule has 2 aromatic rings. The summed E-state index contributed by atoms with van der Waals surface area (Å²) in [7, 11) is 3.43. The van der Waals surface area contributed by atoms with Crippen LogP contribution in [0.3, 0.4) is 0 Å². The molecule has 7 heteroatoms. The van der Waals surface area contributed by atoms with Crippen molar-refractivity contribution in [1.29, 1.82) is 0 Å². The summed E-state index contributed by atoms with van der Waals surface area (Å²) in [4.78, 5) is 8.12. The minimum atomic E-state index is 0. The first kappa shape index (κ1) is 23.7. The van der Waals surface area contributed by atoms with Crippen molar-refractivity contribution in [3.05, 3.63) is 54.1 Å². The summed E-state index contributed by atoms with van der Waals surface area (Å²) in [6.45, 7) is 2.80. The molecule has 0 bridgehead atoms. The highest BCUT2D eigenvalue weighted by Crippen LogP contribution is 2.26. The number of thioether (sulfide) groups is 1. The number of nitrogens with one attached hydrogen (secondary N) is 1. The largest absolute Gasteiger partial charge is 0.508 e. The molecule has 0 aliphatic carbocycles. The van der Waals surface area contributed by atoms with E-state index in [1.807, 2.05) is 30.9 Å². The summed E-state index contributed by atoms with van der Waals surface area (Å²) in [6, 6.07) is 16.0. The first-order valence-electron chi connectivity index (χ1n) is 9.69. The predicted molar refractivity (Wildman–Crippen MR) is 132 cm³/mol. The molecule has 0 spiro atoms. The van der Waals surface area contributed by atoms with Crippen molar-refractivity contribution in [3.8, 4) is 11.5 Å². The van der Waals surface area contributed by atoms with Gasteiger partial charge in [-0.25, -0.2) is 0 Å². The Kier molecular flexibility index (Phi) is 9.93. The summed E-state index contributed by atoms with van der Waals surface area (Å²) in [5.74, 6) is 3.70. The van der Waals surface area contributed by atoms with Gasteiger partial charge in [0, 0.05) is 43.4 Å². The number of phenols is 1. The number of likely N-dealkylation sites (tertiary alicyclic amines) is 1. The molecule has 2 aromatic carbocycles. The Morgan fingerprint density at radius 1 is 1.28 bits per heavy atom. The Bertz CT molecular complexity index is 789. The third kappa shape index (κ3) is 6.99. The van der Waals surface area contributed by atoms with Gasteiger partial charge in [-0.2, -0.15) is 0 Å². The fourth-order valence-electron chi connectivity index (χ4n) is 3.42. The molecule has 0 radical (unpaired) electrons. The van der Waals surface area contributed by atoms with Crippen LogP contribution in [0.4, 0.5) is 0 Å². The van der Waals surface area contributed by atoms with E-state index >= 15 is 0 Å². The van der Waals surface area contributed by atoms with Crippen molar-refractivity contribution in [2.45, 2.75) is 17.7 Å². The number of ether oxygens (including phenoxy) is 1. The van der Waals surface area contributed by atoms with E-state index in [0.717, 1.165) is 43.3 Å². The van der Waals surface area contributed by atoms with Gasteiger partial charge in [0.1, 0.15) is 11.5 Å². The van der Waals surface area contributed by atoms with Gasteiger partial charge in [0.15, 0.2) is 5.96 Å². The molecule has 3 rings (SSSR count). The summed E-state index contributed by atoms with van der Waals surface area (Å²) in [6.07, 6.45) is 1.93. The van der Waals surface area contributed by atoms with E-state index in [1.54, 1.807) is 13.2 Å². The zero-order valence-corrected chi connectivity index (χ0v) is 20.2. The minimum absolute atomic E-state index is 0. The fraction of sp³-hybridized carbons (Fsp3) is 0.409. The molecule has 1 aliphatic rings. The van der Waals surface area contributed by atoms with Crippen LogP contribution in [0, 0.1) is 5.92 Å². The molecule has 1 aliphatic heterocycles. The second-order valence-corrected chi connectivity index (χ2v) is 8.04. The number of hydrogen-bond donors (Lipinski definition) is 2. The number of hydrogen-bond acceptors (Lipinski definition) is 4. The van der Waals surface area contributed by atoms with Crippen LogP contribution < -0.4 is 10.1 Å². The van der Waals surface area contributed by atoms with Crippen LogP contribution in [0.2, 0.25) is 0 Å². The van der Waals surface area contributed by atoms with Crippen LogP contribution in [-0.4, -0.2) is 55.5 Å². The fourth-order valence-corrected chi connectivity index (χ4v) is 4.46. The predicted octanol–water partition coefficient (Wildman–Crippen LogP) is 4.25. The number of guanidine groups is 1. The van der Waals surface area contributed by atoms with Crippen LogP contribution in [-0.2, 0) is 6.42 Å². The van der Waals surface area contributed by atoms with E-state index in [9.17, 15) is 5.11 Å². The first-order chi connectivity index (χ1) is 13.7. The maximum absolute atomic E-state index is 10.1. The lowest BCUT2D eigenvalue weighted by molar-refractivity contribution is 0.406. The second-order valence-electron chi connectivity index (χ2n) is 6.94. The highest BCUT2D eigenvalue weighted by molar-refractivity contribution is 14.0. The molecule has 1 unspecified atom stereocenters. The van der Waals surface area contributed by atoms with Crippen molar-refractivity contribution in [1.82, 2.24) is 10.2 Å². The average Bonchev–Trinajstić information content (AvgIpc) is 3.20. The molecule has 0 amide bonds. The highest BCUT2D eigenvalue weighted by Gasteiger charge is 2.24. The van der Waals surface area contributed by atoms with Crippen molar-refractivity contribution in [3.63, 3.8) is 0 Å². The van der Waals surface area contributed by atoms with Gasteiger partial charge in [-0.1, -0.05) is 24.3 Å². The number of aromatic hydroxyl groups is 1. The lowest BCUT2D eigenvalue weighted by atomic mass is 10.1. The van der Waals surface area contributed by atoms with Gasteiger partial charge in [-0.05, 0) is 42.5 Å². The normalized spacial score (nSPS) is 16.4. The number of aliphatic imine (C=N–C) groups is 1. The summed E-state index contributed by atoms with van der Waals surface area (Å²) in [5, 5.41) is 13.5. The van der Waals surface area contributed by atoms with Crippen molar-refractivity contribution >= 4 is 41.7 Å². The number of rotatable bonds is 7. The maximum Gasteiger partial charge on any atom is 0.193 e. The number of benzene rings is 2. The highest BCUT2D eigenvalue weighted by atomic mass is 127. The lowest BCUT2D eigenvalue weighted by Crippen LogP contribution is -2.41. The summed E-state index contributed by atoms with van der Waals surface area (Å²) >= 11 is 1.93. The van der Waals surface area contributed by atoms with E-state index in [2.05, 4.69) is 45.5 Å². The van der Waals surface area contributed by atoms with Crippen LogP contribution in [0.1, 0.15) is 12.0 Å². The van der Waals surface area contributed by atoms with Crippen LogP contribution in [0.25, 0.3) is 0 Å². The standard InChI is InChI=1S/C22H29N3O2S.HI/c1-23-22(24-12-10-18-8-9-19(27-2)14-21(18)26)25-13-11-17(15-25)16-28-20-6-4-3-5-7-20;/h3-9,14,17,26H,10-13,15-16H2,1-2H3,(H,23,24);1H. The number of methoxy groups -OCH3 is 1. The van der Waals surface area contributed by atoms with E-state index in [4.69, 9.17) is 4.74 Å².